The molecular formula is C19H25FIN3O. The number of halogens is 2. The predicted molar refractivity (Wildman–Crippen MR) is 111 cm³/mol. The van der Waals surface area contributed by atoms with Crippen molar-refractivity contribution in [3.05, 3.63) is 65.0 Å². The largest absolute Gasteiger partial charge is 0.496 e. The zero-order chi connectivity index (χ0) is 17.5. The van der Waals surface area contributed by atoms with Gasteiger partial charge in [-0.2, -0.15) is 0 Å². The van der Waals surface area contributed by atoms with Gasteiger partial charge in [0.1, 0.15) is 11.6 Å². The highest BCUT2D eigenvalue weighted by atomic mass is 127. The molecule has 0 saturated heterocycles. The molecule has 136 valence electrons. The fourth-order valence-electron chi connectivity index (χ4n) is 2.39. The second kappa shape index (κ2) is 10.2. The van der Waals surface area contributed by atoms with Crippen molar-refractivity contribution in [1.82, 2.24) is 10.6 Å². The quantitative estimate of drug-likeness (QED) is 0.402. The number of aliphatic imine (C=N–C) groups is 1. The highest BCUT2D eigenvalue weighted by Gasteiger charge is 2.10. The van der Waals surface area contributed by atoms with Crippen molar-refractivity contribution >= 4 is 29.9 Å². The van der Waals surface area contributed by atoms with Gasteiger partial charge in [0.15, 0.2) is 5.96 Å². The number of aryl methyl sites for hydroxylation is 1. The molecular weight excluding hydrogens is 432 g/mol. The van der Waals surface area contributed by atoms with Gasteiger partial charge >= 0.3 is 0 Å². The predicted octanol–water partition coefficient (Wildman–Crippen LogP) is 4.19. The molecule has 0 spiro atoms. The van der Waals surface area contributed by atoms with E-state index in [1.165, 1.54) is 0 Å². The number of methoxy groups -OCH3 is 1. The number of nitrogens with zero attached hydrogens (tertiary/aromatic N) is 1. The summed E-state index contributed by atoms with van der Waals surface area (Å²) in [5.74, 6) is 1.28. The molecule has 0 aromatic heterocycles. The Balaban J connectivity index is 0.00000312. The van der Waals surface area contributed by atoms with Crippen LogP contribution in [0.4, 0.5) is 4.39 Å². The SMILES string of the molecule is CN=C(NCc1ccccc1OC)NC(C)c1ccc(C)c(F)c1.I. The molecule has 2 N–H and O–H groups in total. The van der Waals surface area contributed by atoms with Crippen LogP contribution in [0.2, 0.25) is 0 Å². The minimum Gasteiger partial charge on any atom is -0.496 e. The highest BCUT2D eigenvalue weighted by Crippen LogP contribution is 2.18. The lowest BCUT2D eigenvalue weighted by atomic mass is 10.1. The van der Waals surface area contributed by atoms with E-state index >= 15 is 0 Å². The smallest absolute Gasteiger partial charge is 0.191 e. The van der Waals surface area contributed by atoms with E-state index in [9.17, 15) is 4.39 Å². The lowest BCUT2D eigenvalue weighted by molar-refractivity contribution is 0.409. The Morgan fingerprint density at radius 1 is 1.24 bits per heavy atom. The van der Waals surface area contributed by atoms with E-state index in [0.29, 0.717) is 18.1 Å². The summed E-state index contributed by atoms with van der Waals surface area (Å²) in [4.78, 5) is 4.22. The number of hydrogen-bond donors (Lipinski definition) is 2. The topological polar surface area (TPSA) is 45.7 Å². The monoisotopic (exact) mass is 457 g/mol. The van der Waals surface area contributed by atoms with Crippen LogP contribution in [0.3, 0.4) is 0 Å². The molecule has 0 aliphatic heterocycles. The zero-order valence-electron chi connectivity index (χ0n) is 15.0. The second-order valence-electron chi connectivity index (χ2n) is 5.61. The number of nitrogens with one attached hydrogen (secondary N) is 2. The molecule has 25 heavy (non-hydrogen) atoms. The van der Waals surface area contributed by atoms with Crippen LogP contribution in [0.15, 0.2) is 47.5 Å². The first-order chi connectivity index (χ1) is 11.5. The summed E-state index contributed by atoms with van der Waals surface area (Å²) in [7, 11) is 3.36. The Morgan fingerprint density at radius 3 is 2.60 bits per heavy atom. The molecule has 0 amide bonds. The van der Waals surface area contributed by atoms with Crippen molar-refractivity contribution in [1.29, 1.82) is 0 Å². The van der Waals surface area contributed by atoms with Crippen LogP contribution in [0.5, 0.6) is 5.75 Å². The summed E-state index contributed by atoms with van der Waals surface area (Å²) in [5, 5.41) is 6.52. The Labute approximate surface area is 165 Å². The normalized spacial score (nSPS) is 12.1. The molecule has 2 rings (SSSR count). The first-order valence-electron chi connectivity index (χ1n) is 7.90. The number of ether oxygens (including phenoxy) is 1. The van der Waals surface area contributed by atoms with Crippen molar-refractivity contribution in [3.8, 4) is 5.75 Å². The third kappa shape index (κ3) is 5.88. The summed E-state index contributed by atoms with van der Waals surface area (Å²) in [6.07, 6.45) is 0. The first-order valence-corrected chi connectivity index (χ1v) is 7.90. The van der Waals surface area contributed by atoms with E-state index in [0.717, 1.165) is 16.9 Å². The molecule has 0 heterocycles. The Morgan fingerprint density at radius 2 is 1.96 bits per heavy atom. The van der Waals surface area contributed by atoms with Crippen LogP contribution < -0.4 is 15.4 Å². The summed E-state index contributed by atoms with van der Waals surface area (Å²) in [5.41, 5.74) is 2.56. The van der Waals surface area contributed by atoms with Gasteiger partial charge in [0.05, 0.1) is 13.2 Å². The lowest BCUT2D eigenvalue weighted by Gasteiger charge is -2.19. The van der Waals surface area contributed by atoms with E-state index in [1.807, 2.05) is 37.3 Å². The summed E-state index contributed by atoms with van der Waals surface area (Å²) >= 11 is 0. The number of guanidine groups is 1. The molecule has 0 saturated carbocycles. The molecule has 2 aromatic rings. The fourth-order valence-corrected chi connectivity index (χ4v) is 2.39. The average Bonchev–Trinajstić information content (AvgIpc) is 2.60. The van der Waals surface area contributed by atoms with Crippen LogP contribution >= 0.6 is 24.0 Å². The fraction of sp³-hybridized carbons (Fsp3) is 0.316. The maximum atomic E-state index is 13.7. The first kappa shape index (κ1) is 21.2. The van der Waals surface area contributed by atoms with E-state index < -0.39 is 0 Å². The van der Waals surface area contributed by atoms with Gasteiger partial charge in [-0.25, -0.2) is 4.39 Å². The summed E-state index contributed by atoms with van der Waals surface area (Å²) in [6.45, 7) is 4.31. The van der Waals surface area contributed by atoms with E-state index in [2.05, 4.69) is 15.6 Å². The summed E-state index contributed by atoms with van der Waals surface area (Å²) < 4.78 is 19.1. The molecule has 2 aromatic carbocycles. The van der Waals surface area contributed by atoms with Gasteiger partial charge in [0.2, 0.25) is 0 Å². The van der Waals surface area contributed by atoms with Crippen molar-refractivity contribution < 1.29 is 9.13 Å². The summed E-state index contributed by atoms with van der Waals surface area (Å²) in [6, 6.07) is 13.0. The minimum atomic E-state index is -0.196. The molecule has 1 unspecified atom stereocenters. The van der Waals surface area contributed by atoms with Crippen molar-refractivity contribution in [2.24, 2.45) is 4.99 Å². The maximum Gasteiger partial charge on any atom is 0.191 e. The molecule has 4 nitrogen and oxygen atoms in total. The van der Waals surface area contributed by atoms with Crippen molar-refractivity contribution in [2.45, 2.75) is 26.4 Å². The third-order valence-corrected chi connectivity index (χ3v) is 3.91. The van der Waals surface area contributed by atoms with Gasteiger partial charge in [-0.15, -0.1) is 24.0 Å². The minimum absolute atomic E-state index is 0. The molecule has 0 bridgehead atoms. The van der Waals surface area contributed by atoms with Gasteiger partial charge in [-0.05, 0) is 37.1 Å². The maximum absolute atomic E-state index is 13.7. The van der Waals surface area contributed by atoms with Gasteiger partial charge < -0.3 is 15.4 Å². The van der Waals surface area contributed by atoms with Gasteiger partial charge in [0.25, 0.3) is 0 Å². The van der Waals surface area contributed by atoms with Crippen LogP contribution in [0.25, 0.3) is 0 Å². The number of hydrogen-bond acceptors (Lipinski definition) is 2. The van der Waals surface area contributed by atoms with Gasteiger partial charge in [0, 0.05) is 19.2 Å². The van der Waals surface area contributed by atoms with Crippen LogP contribution in [0.1, 0.15) is 29.7 Å². The van der Waals surface area contributed by atoms with Gasteiger partial charge in [-0.1, -0.05) is 30.3 Å². The van der Waals surface area contributed by atoms with Gasteiger partial charge in [-0.3, -0.25) is 4.99 Å². The number of rotatable bonds is 5. The van der Waals surface area contributed by atoms with Crippen molar-refractivity contribution in [3.63, 3.8) is 0 Å². The Hall–Kier alpha value is -1.83. The molecule has 0 aliphatic rings. The van der Waals surface area contributed by atoms with Crippen LogP contribution in [0, 0.1) is 12.7 Å². The standard InChI is InChI=1S/C19H24FN3O.HI/c1-13-9-10-15(11-17(13)20)14(2)23-19(21-3)22-12-16-7-5-6-8-18(16)24-4;/h5-11,14H,12H2,1-4H3,(H2,21,22,23);1H. The van der Waals surface area contributed by atoms with Crippen LogP contribution in [-0.4, -0.2) is 20.1 Å². The van der Waals surface area contributed by atoms with E-state index in [4.69, 9.17) is 4.74 Å². The lowest BCUT2D eigenvalue weighted by Crippen LogP contribution is -2.38. The molecule has 0 fully saturated rings. The van der Waals surface area contributed by atoms with Crippen LogP contribution in [-0.2, 0) is 6.54 Å². The molecule has 0 aliphatic carbocycles. The Bertz CT molecular complexity index is 722. The number of para-hydroxylation sites is 1. The Kier molecular flexibility index (Phi) is 8.68. The zero-order valence-corrected chi connectivity index (χ0v) is 17.3. The second-order valence-corrected chi connectivity index (χ2v) is 5.61. The number of benzene rings is 2. The average molecular weight is 457 g/mol. The van der Waals surface area contributed by atoms with E-state index in [1.54, 1.807) is 33.2 Å². The molecule has 6 heteroatoms. The van der Waals surface area contributed by atoms with E-state index in [-0.39, 0.29) is 35.8 Å². The highest BCUT2D eigenvalue weighted by molar-refractivity contribution is 14.0. The molecule has 0 radical (unpaired) electrons. The molecule has 1 atom stereocenters. The third-order valence-electron chi connectivity index (χ3n) is 3.91. The van der Waals surface area contributed by atoms with Crippen molar-refractivity contribution in [2.75, 3.05) is 14.2 Å².